The summed E-state index contributed by atoms with van der Waals surface area (Å²) in [4.78, 5) is 89.7. The molecule has 3 atom stereocenters. The quantitative estimate of drug-likeness (QED) is 0.0116. The zero-order chi connectivity index (χ0) is 73.3. The van der Waals surface area contributed by atoms with Gasteiger partial charge in [0.05, 0.1) is 48.7 Å². The molecule has 546 valence electrons. The number of hydrogen-bond acceptors (Lipinski definition) is 15. The van der Waals surface area contributed by atoms with E-state index in [2.05, 4.69) is 102 Å². The van der Waals surface area contributed by atoms with Crippen LogP contribution in [0.2, 0.25) is 0 Å². The minimum Gasteiger partial charge on any atom is -0.481 e. The number of amides is 3. The molecule has 0 radical (unpaired) electrons. The Morgan fingerprint density at radius 3 is 1.96 bits per heavy atom. The molecule has 0 aromatic heterocycles. The number of nitrogens with zero attached hydrogens (tertiary/aromatic N) is 2. The molecule has 0 spiro atoms. The van der Waals surface area contributed by atoms with Gasteiger partial charge in [-0.1, -0.05) is 98.8 Å². The van der Waals surface area contributed by atoms with Crippen LogP contribution in [0.1, 0.15) is 146 Å². The lowest BCUT2D eigenvalue weighted by Gasteiger charge is -2.27. The smallest absolute Gasteiger partial charge is 0.326 e. The molecule has 0 unspecified atom stereocenters. The first-order chi connectivity index (χ1) is 48.0. The van der Waals surface area contributed by atoms with Crippen molar-refractivity contribution in [1.82, 2.24) is 16.0 Å². The van der Waals surface area contributed by atoms with Gasteiger partial charge < -0.3 is 50.4 Å². The molecule has 3 aliphatic rings. The second kappa shape index (κ2) is 37.8. The van der Waals surface area contributed by atoms with Gasteiger partial charge in [0.25, 0.3) is 20.2 Å². The number of rotatable bonds is 43. The van der Waals surface area contributed by atoms with E-state index in [4.69, 9.17) is 19.3 Å². The van der Waals surface area contributed by atoms with Gasteiger partial charge in [-0.25, -0.2) is 9.59 Å². The number of allylic oxidation sites excluding steroid dienone is 7. The summed E-state index contributed by atoms with van der Waals surface area (Å²) in [5, 5.41) is 36.3. The van der Waals surface area contributed by atoms with E-state index in [0.29, 0.717) is 62.3 Å². The number of fused-ring (bicyclic) bond motifs is 2. The van der Waals surface area contributed by atoms with E-state index >= 15 is 0 Å². The molecule has 2 heterocycles. The lowest BCUT2D eigenvalue weighted by Crippen LogP contribution is -2.46. The first kappa shape index (κ1) is 79.7. The second-order valence-corrected chi connectivity index (χ2v) is 29.8. The Morgan fingerprint density at radius 1 is 0.624 bits per heavy atom. The Balaban J connectivity index is 1.02. The van der Waals surface area contributed by atoms with Crippen LogP contribution in [0.15, 0.2) is 150 Å². The molecule has 0 saturated carbocycles. The van der Waals surface area contributed by atoms with Gasteiger partial charge in [0.15, 0.2) is 11.5 Å². The molecule has 0 bridgehead atoms. The van der Waals surface area contributed by atoms with E-state index in [-0.39, 0.29) is 121 Å². The highest BCUT2D eigenvalue weighted by molar-refractivity contribution is 7.86. The Labute approximate surface area is 591 Å². The molecular formula is C75H96N5O19S2+. The largest absolute Gasteiger partial charge is 0.481 e. The van der Waals surface area contributed by atoms with Crippen LogP contribution < -0.4 is 25.6 Å². The summed E-state index contributed by atoms with van der Waals surface area (Å²) in [5.74, 6) is -5.49. The number of para-hydroxylation sites is 2. The Kier molecular flexibility index (Phi) is 29.9. The fourth-order valence-electron chi connectivity index (χ4n) is 12.9. The normalized spacial score (nSPS) is 16.6. The van der Waals surface area contributed by atoms with Gasteiger partial charge in [-0.2, -0.15) is 21.4 Å². The van der Waals surface area contributed by atoms with Crippen LogP contribution in [-0.4, -0.2) is 163 Å². The fourth-order valence-corrected chi connectivity index (χ4v) is 14.0. The summed E-state index contributed by atoms with van der Waals surface area (Å²) >= 11 is 0. The van der Waals surface area contributed by atoms with E-state index in [1.165, 1.54) is 0 Å². The number of hydrogen-bond donors (Lipinski definition) is 8. The third-order valence-electron chi connectivity index (χ3n) is 18.2. The SMILES string of the molecule is CC1(C)C(=CC=C2CCCC(C=CC3=[N+](CCCCS(=O)(=O)O)c4ccccc4C3(C)C)=C2Oc2ccc(C[C@H](CC(=O)[C@H](Cc3ccccc3)NC(=O)CCOCCOCCCC(=O)CC[C@H](NC(=O)NCCCC(=O)O)C(=O)O)C(=O)O)cc2)N(CCCCS(=O)(=O)O)c2ccccc21. The van der Waals surface area contributed by atoms with Crippen molar-refractivity contribution in [1.29, 1.82) is 0 Å². The van der Waals surface area contributed by atoms with Crippen LogP contribution in [0.4, 0.5) is 16.2 Å². The first-order valence-electron chi connectivity index (χ1n) is 34.4. The Hall–Kier alpha value is -8.66. The lowest BCUT2D eigenvalue weighted by molar-refractivity contribution is -0.438. The third-order valence-corrected chi connectivity index (χ3v) is 19.8. The molecule has 4 aromatic carbocycles. The van der Waals surface area contributed by atoms with Crippen molar-refractivity contribution in [3.05, 3.63) is 172 Å². The summed E-state index contributed by atoms with van der Waals surface area (Å²) < 4.78 is 86.2. The standard InChI is InChI=1S/C75H95N5O19S2/c1-74(2)59-24-8-10-26-63(59)79(41-12-14-47-100(91,92)93)66(74)37-31-54-21-16-22-55(32-38-67-75(3,4)60-25-9-11-27-64(60)80(67)42-13-15-48-101(94,95)96)70(54)99-58-34-29-53(30-35-58)49-56(71(86)87)51-65(82)62(50-52-19-6-5-7-20-52)77-68(83)39-44-98-46-45-97-43-18-23-57(81)33-36-61(72(88)89)78-73(90)76-40-17-28-69(84)85/h5-11,19-20,24-27,29-32,34-35,37-38,56,61-62H,12-18,21-23,28,33,36,39-51H2,1-4H3,(H7-,76,77,78,83,84,85,86,87,88,89,90,91,92,93,94,95,96)/p+1/t56-,61+,62+/m1/s1. The van der Waals surface area contributed by atoms with E-state index in [9.17, 15) is 69.7 Å². The summed E-state index contributed by atoms with van der Waals surface area (Å²) in [7, 11) is -8.28. The predicted molar refractivity (Wildman–Crippen MR) is 382 cm³/mol. The molecule has 101 heavy (non-hydrogen) atoms. The molecule has 4 aromatic rings. The number of urea groups is 1. The van der Waals surface area contributed by atoms with E-state index in [0.717, 1.165) is 57.0 Å². The molecule has 26 heteroatoms. The number of Topliss-reactive ketones (excluding diaryl/α,β-unsaturated/α-hetero) is 2. The maximum absolute atomic E-state index is 14.2. The van der Waals surface area contributed by atoms with Crippen LogP contribution in [0.5, 0.6) is 5.75 Å². The predicted octanol–water partition coefficient (Wildman–Crippen LogP) is 10.2. The fraction of sp³-hybridized carbons (Fsp3) is 0.467. The minimum absolute atomic E-state index is 0.0166. The van der Waals surface area contributed by atoms with Crippen molar-refractivity contribution in [3.63, 3.8) is 0 Å². The zero-order valence-corrected chi connectivity index (χ0v) is 59.5. The number of carbonyl (C=O) groups is 7. The van der Waals surface area contributed by atoms with Crippen molar-refractivity contribution >= 4 is 78.7 Å². The lowest BCUT2D eigenvalue weighted by atomic mass is 9.81. The maximum Gasteiger partial charge on any atom is 0.326 e. The zero-order valence-electron chi connectivity index (χ0n) is 57.9. The van der Waals surface area contributed by atoms with Crippen LogP contribution in [0, 0.1) is 5.92 Å². The Morgan fingerprint density at radius 2 is 1.28 bits per heavy atom. The molecule has 0 fully saturated rings. The highest BCUT2D eigenvalue weighted by atomic mass is 32.2. The maximum atomic E-state index is 14.2. The van der Waals surface area contributed by atoms with Crippen molar-refractivity contribution < 1.29 is 93.6 Å². The molecule has 2 aliphatic heterocycles. The number of carboxylic acids is 3. The van der Waals surface area contributed by atoms with Gasteiger partial charge in [0, 0.05) is 92.7 Å². The molecule has 1 aliphatic carbocycles. The van der Waals surface area contributed by atoms with Crippen molar-refractivity contribution in [2.75, 3.05) is 62.5 Å². The van der Waals surface area contributed by atoms with Gasteiger partial charge in [-0.3, -0.25) is 33.1 Å². The van der Waals surface area contributed by atoms with E-state index < -0.39 is 84.7 Å². The number of ketones is 2. The monoisotopic (exact) mass is 1430 g/mol. The number of ether oxygens (including phenoxy) is 3. The molecule has 24 nitrogen and oxygen atoms in total. The van der Waals surface area contributed by atoms with Gasteiger partial charge in [-0.15, -0.1) is 0 Å². The van der Waals surface area contributed by atoms with Gasteiger partial charge in [0.2, 0.25) is 11.6 Å². The molecule has 8 N–H and O–H groups in total. The highest BCUT2D eigenvalue weighted by Gasteiger charge is 2.44. The van der Waals surface area contributed by atoms with E-state index in [1.807, 2.05) is 42.5 Å². The summed E-state index contributed by atoms with van der Waals surface area (Å²) in [5.41, 5.74) is 8.49. The summed E-state index contributed by atoms with van der Waals surface area (Å²) in [6, 6.07) is 29.2. The van der Waals surface area contributed by atoms with Gasteiger partial charge in [0.1, 0.15) is 29.9 Å². The number of benzene rings is 4. The average molecular weight is 1440 g/mol. The van der Waals surface area contributed by atoms with Crippen LogP contribution in [-0.2, 0) is 82.1 Å². The Bertz CT molecular complexity index is 3970. The molecular weight excluding hydrogens is 1340 g/mol. The van der Waals surface area contributed by atoms with Gasteiger partial charge in [-0.05, 0) is 143 Å². The van der Waals surface area contributed by atoms with Crippen LogP contribution >= 0.6 is 0 Å². The number of nitrogens with one attached hydrogen (secondary N) is 3. The number of carboxylic acid groups (broad SMARTS) is 3. The first-order valence-corrected chi connectivity index (χ1v) is 37.6. The number of unbranched alkanes of at least 4 members (excludes halogenated alkanes) is 2. The minimum atomic E-state index is -4.14. The van der Waals surface area contributed by atoms with Gasteiger partial charge >= 0.3 is 23.9 Å². The second-order valence-electron chi connectivity index (χ2n) is 26.7. The third kappa shape index (κ3) is 24.8. The number of aliphatic carboxylic acids is 3. The molecule has 7 rings (SSSR count). The molecule has 3 amide bonds. The highest BCUT2D eigenvalue weighted by Crippen LogP contribution is 2.48. The van der Waals surface area contributed by atoms with Crippen molar-refractivity contribution in [2.24, 2.45) is 5.92 Å². The molecule has 0 saturated heterocycles. The topological polar surface area (TPSA) is 359 Å². The van der Waals surface area contributed by atoms with Crippen molar-refractivity contribution in [2.45, 2.75) is 160 Å². The van der Waals surface area contributed by atoms with Crippen molar-refractivity contribution in [3.8, 4) is 5.75 Å². The average Bonchev–Trinajstić information content (AvgIpc) is 1.60. The summed E-state index contributed by atoms with van der Waals surface area (Å²) in [6.45, 7) is 10.1. The number of carbonyl (C=O) groups excluding carboxylic acids is 4. The summed E-state index contributed by atoms with van der Waals surface area (Å²) in [6.07, 6.45) is 11.8. The van der Waals surface area contributed by atoms with Crippen LogP contribution in [0.25, 0.3) is 0 Å². The van der Waals surface area contributed by atoms with E-state index in [1.54, 1.807) is 36.4 Å². The number of anilines is 1. The van der Waals surface area contributed by atoms with Crippen LogP contribution in [0.3, 0.4) is 0 Å².